The Morgan fingerprint density at radius 2 is 2.00 bits per heavy atom. The van der Waals surface area contributed by atoms with Gasteiger partial charge in [0.15, 0.2) is 0 Å². The van der Waals surface area contributed by atoms with Gasteiger partial charge in [-0.05, 0) is 17.0 Å². The lowest BCUT2D eigenvalue weighted by Crippen LogP contribution is -2.02. The molecule has 0 fully saturated rings. The first kappa shape index (κ1) is 15.0. The highest BCUT2D eigenvalue weighted by Gasteiger charge is 2.14. The van der Waals surface area contributed by atoms with E-state index in [9.17, 15) is 14.9 Å². The van der Waals surface area contributed by atoms with Crippen molar-refractivity contribution in [2.24, 2.45) is 0 Å². The van der Waals surface area contributed by atoms with Crippen LogP contribution in [0.5, 0.6) is 0 Å². The third kappa shape index (κ3) is 2.75. The van der Waals surface area contributed by atoms with Crippen LogP contribution < -0.4 is 5.43 Å². The number of rotatable bonds is 4. The second-order valence-corrected chi connectivity index (χ2v) is 4.86. The predicted molar refractivity (Wildman–Crippen MR) is 84.0 cm³/mol. The molecule has 0 saturated heterocycles. The van der Waals surface area contributed by atoms with Crippen molar-refractivity contribution in [3.8, 4) is 0 Å². The molecule has 0 aliphatic rings. The van der Waals surface area contributed by atoms with Crippen LogP contribution in [-0.2, 0) is 16.4 Å². The number of aromatic nitrogens is 1. The number of nitro groups is 1. The van der Waals surface area contributed by atoms with E-state index in [1.807, 2.05) is 6.07 Å². The number of hydrogen-bond donors (Lipinski definition) is 0. The maximum absolute atomic E-state index is 12.7. The minimum absolute atomic E-state index is 0.0357. The Bertz CT molecular complexity index is 971. The minimum Gasteiger partial charge on any atom is -0.287 e. The third-order valence-corrected chi connectivity index (χ3v) is 3.51. The summed E-state index contributed by atoms with van der Waals surface area (Å²) in [5.74, 6) is 0. The fourth-order valence-corrected chi connectivity index (χ4v) is 2.44. The molecule has 3 aromatic rings. The zero-order valence-corrected chi connectivity index (χ0v) is 12.2. The van der Waals surface area contributed by atoms with Crippen LogP contribution in [0.25, 0.3) is 21.7 Å². The Hall–Kier alpha value is -2.90. The summed E-state index contributed by atoms with van der Waals surface area (Å²) >= 11 is 0. The van der Waals surface area contributed by atoms with Crippen molar-refractivity contribution in [2.75, 3.05) is 7.11 Å². The first-order valence-corrected chi connectivity index (χ1v) is 6.76. The van der Waals surface area contributed by atoms with Crippen molar-refractivity contribution >= 4 is 27.4 Å². The lowest BCUT2D eigenvalue weighted by atomic mass is 10.1. The monoisotopic (exact) mass is 312 g/mol. The molecule has 7 heteroatoms. The van der Waals surface area contributed by atoms with Gasteiger partial charge in [0.2, 0.25) is 5.43 Å². The van der Waals surface area contributed by atoms with Crippen LogP contribution in [0.4, 0.5) is 5.69 Å². The van der Waals surface area contributed by atoms with Crippen LogP contribution in [-0.4, -0.2) is 17.0 Å². The molecule has 3 rings (SSSR count). The highest BCUT2D eigenvalue weighted by atomic mass is 17.2. The molecule has 0 radical (unpaired) electrons. The summed E-state index contributed by atoms with van der Waals surface area (Å²) in [6.07, 6.45) is 1.08. The molecule has 0 N–H and O–H groups in total. The van der Waals surface area contributed by atoms with Gasteiger partial charge in [0, 0.05) is 16.8 Å². The number of nitrogens with zero attached hydrogens (tertiary/aromatic N) is 2. The molecular formula is C16H12N2O5. The summed E-state index contributed by atoms with van der Waals surface area (Å²) in [4.78, 5) is 36.7. The van der Waals surface area contributed by atoms with Gasteiger partial charge in [-0.25, -0.2) is 14.8 Å². The normalized spacial score (nSPS) is 11.0. The molecule has 0 bridgehead atoms. The summed E-state index contributed by atoms with van der Waals surface area (Å²) in [5, 5.41) is 12.6. The smallest absolute Gasteiger partial charge is 0.287 e. The van der Waals surface area contributed by atoms with Crippen LogP contribution in [0.15, 0.2) is 47.4 Å². The van der Waals surface area contributed by atoms with E-state index in [0.717, 1.165) is 6.20 Å². The Morgan fingerprint density at radius 1 is 1.22 bits per heavy atom. The average Bonchev–Trinajstić information content (AvgIpc) is 2.68. The third-order valence-electron chi connectivity index (χ3n) is 3.51. The van der Waals surface area contributed by atoms with Gasteiger partial charge in [-0.1, -0.05) is 24.3 Å². The Labute approximate surface area is 130 Å². The molecule has 0 aliphatic heterocycles. The van der Waals surface area contributed by atoms with E-state index in [1.165, 1.54) is 13.2 Å². The second kappa shape index (κ2) is 6.07. The number of fused-ring (bicyclic) bond motifs is 2. The quantitative estimate of drug-likeness (QED) is 0.418. The van der Waals surface area contributed by atoms with Crippen LogP contribution in [0.3, 0.4) is 0 Å². The van der Waals surface area contributed by atoms with E-state index in [-0.39, 0.29) is 23.2 Å². The van der Waals surface area contributed by atoms with Crippen molar-refractivity contribution in [3.63, 3.8) is 0 Å². The van der Waals surface area contributed by atoms with Gasteiger partial charge in [0.05, 0.1) is 12.0 Å². The van der Waals surface area contributed by atoms with Gasteiger partial charge in [-0.3, -0.25) is 14.9 Å². The molecule has 23 heavy (non-hydrogen) atoms. The van der Waals surface area contributed by atoms with Gasteiger partial charge in [-0.2, -0.15) is 0 Å². The van der Waals surface area contributed by atoms with E-state index in [4.69, 9.17) is 4.89 Å². The van der Waals surface area contributed by atoms with Gasteiger partial charge >= 0.3 is 0 Å². The SMILES string of the molecule is COOCc1cc2ccccc2c(=O)c2ncc([N+](=O)[O-])cc12. The maximum atomic E-state index is 12.7. The molecule has 1 heterocycles. The topological polar surface area (TPSA) is 91.6 Å². The van der Waals surface area contributed by atoms with Crippen molar-refractivity contribution < 1.29 is 14.7 Å². The maximum Gasteiger partial charge on any atom is 0.288 e. The summed E-state index contributed by atoms with van der Waals surface area (Å²) in [6.45, 7) is 0.0357. The summed E-state index contributed by atoms with van der Waals surface area (Å²) in [5.41, 5.74) is 0.267. The lowest BCUT2D eigenvalue weighted by molar-refractivity contribution is -0.385. The van der Waals surface area contributed by atoms with Crippen LogP contribution in [0.2, 0.25) is 0 Å². The lowest BCUT2D eigenvalue weighted by Gasteiger charge is -2.02. The Balaban J connectivity index is 2.47. The molecule has 116 valence electrons. The van der Waals surface area contributed by atoms with Gasteiger partial charge < -0.3 is 0 Å². The van der Waals surface area contributed by atoms with E-state index in [1.54, 1.807) is 24.3 Å². The molecule has 0 spiro atoms. The van der Waals surface area contributed by atoms with Crippen molar-refractivity contribution in [1.82, 2.24) is 4.98 Å². The zero-order valence-electron chi connectivity index (χ0n) is 12.2. The molecule has 0 unspecified atom stereocenters. The van der Waals surface area contributed by atoms with Gasteiger partial charge in [-0.15, -0.1) is 0 Å². The van der Waals surface area contributed by atoms with Crippen molar-refractivity contribution in [1.29, 1.82) is 0 Å². The molecule has 0 amide bonds. The molecule has 7 nitrogen and oxygen atoms in total. The van der Waals surface area contributed by atoms with Gasteiger partial charge in [0.1, 0.15) is 18.3 Å². The second-order valence-electron chi connectivity index (χ2n) is 4.86. The Kier molecular flexibility index (Phi) is 3.96. The van der Waals surface area contributed by atoms with Crippen LogP contribution >= 0.6 is 0 Å². The first-order valence-electron chi connectivity index (χ1n) is 6.76. The molecular weight excluding hydrogens is 300 g/mol. The fourth-order valence-electron chi connectivity index (χ4n) is 2.44. The molecule has 0 aliphatic carbocycles. The molecule has 1 aromatic heterocycles. The summed E-state index contributed by atoms with van der Waals surface area (Å²) in [6, 6.07) is 10.1. The Morgan fingerprint density at radius 3 is 2.74 bits per heavy atom. The van der Waals surface area contributed by atoms with E-state index >= 15 is 0 Å². The minimum atomic E-state index is -0.551. The van der Waals surface area contributed by atoms with E-state index < -0.39 is 4.92 Å². The summed E-state index contributed by atoms with van der Waals surface area (Å²) in [7, 11) is 1.36. The first-order chi connectivity index (χ1) is 11.1. The van der Waals surface area contributed by atoms with Crippen LogP contribution in [0.1, 0.15) is 5.56 Å². The highest BCUT2D eigenvalue weighted by Crippen LogP contribution is 2.23. The summed E-state index contributed by atoms with van der Waals surface area (Å²) < 4.78 is 0. The van der Waals surface area contributed by atoms with Crippen molar-refractivity contribution in [3.05, 3.63) is 68.5 Å². The van der Waals surface area contributed by atoms with E-state index in [0.29, 0.717) is 21.7 Å². The standard InChI is InChI=1S/C16H12N2O5/c1-22-23-9-11-6-10-4-2-3-5-13(10)16(19)15-14(11)7-12(8-17-15)18(20)21/h2-8H,9H2,1H3. The molecule has 2 aromatic carbocycles. The van der Waals surface area contributed by atoms with E-state index in [2.05, 4.69) is 9.87 Å². The fraction of sp³-hybridized carbons (Fsp3) is 0.125. The van der Waals surface area contributed by atoms with Gasteiger partial charge in [0.25, 0.3) is 5.69 Å². The zero-order chi connectivity index (χ0) is 16.4. The molecule has 0 atom stereocenters. The number of hydrogen-bond acceptors (Lipinski definition) is 6. The predicted octanol–water partition coefficient (Wildman–Crippen LogP) is 2.73. The van der Waals surface area contributed by atoms with Crippen molar-refractivity contribution in [2.45, 2.75) is 6.61 Å². The number of benzene rings is 1. The molecule has 0 saturated carbocycles. The average molecular weight is 312 g/mol. The largest absolute Gasteiger partial charge is 0.288 e. The highest BCUT2D eigenvalue weighted by molar-refractivity contribution is 5.94. The number of pyridine rings is 1. The van der Waals surface area contributed by atoms with Crippen LogP contribution in [0, 0.1) is 10.1 Å².